The van der Waals surface area contributed by atoms with E-state index in [0.29, 0.717) is 5.02 Å². The summed E-state index contributed by atoms with van der Waals surface area (Å²) in [7, 11) is 0. The fraction of sp³-hybridized carbons (Fsp3) is 0.100. The number of benzene rings is 1. The zero-order valence-electron chi connectivity index (χ0n) is 6.75. The molecule has 1 aromatic carbocycles. The molecule has 0 heterocycles. The number of hydrogen-bond donors (Lipinski definition) is 0. The third-order valence-corrected chi connectivity index (χ3v) is 1.63. The largest absolute Gasteiger partial charge is 0.295 e. The highest BCUT2D eigenvalue weighted by Gasteiger charge is 1.87. The van der Waals surface area contributed by atoms with Gasteiger partial charge in [-0.15, -0.1) is 0 Å². The van der Waals surface area contributed by atoms with Crippen molar-refractivity contribution >= 4 is 23.5 Å². The van der Waals surface area contributed by atoms with Crippen LogP contribution in [0.3, 0.4) is 0 Å². The molecule has 0 spiro atoms. The molecule has 0 saturated carbocycles. The Morgan fingerprint density at radius 3 is 2.42 bits per heavy atom. The Hall–Kier alpha value is -1.08. The van der Waals surface area contributed by atoms with E-state index in [1.54, 1.807) is 18.2 Å². The Morgan fingerprint density at radius 2 is 1.92 bits per heavy atom. The summed E-state index contributed by atoms with van der Waals surface area (Å²) in [6.45, 7) is 1.52. The maximum atomic E-state index is 10.6. The molecular weight excluding hydrogens is 172 g/mol. The van der Waals surface area contributed by atoms with Crippen LogP contribution < -0.4 is 0 Å². The highest BCUT2D eigenvalue weighted by atomic mass is 35.5. The maximum absolute atomic E-state index is 10.6. The van der Waals surface area contributed by atoms with E-state index in [1.165, 1.54) is 13.0 Å². The van der Waals surface area contributed by atoms with Gasteiger partial charge in [-0.05, 0) is 30.7 Å². The van der Waals surface area contributed by atoms with Crippen LogP contribution in [0.25, 0.3) is 6.08 Å². The minimum absolute atomic E-state index is 0.0463. The summed E-state index contributed by atoms with van der Waals surface area (Å²) in [4.78, 5) is 10.6. The second-order valence-corrected chi connectivity index (χ2v) is 2.93. The van der Waals surface area contributed by atoms with Crippen molar-refractivity contribution in [3.05, 3.63) is 40.9 Å². The van der Waals surface area contributed by atoms with E-state index in [1.807, 2.05) is 12.1 Å². The second kappa shape index (κ2) is 4.07. The molecule has 0 aromatic heterocycles. The fourth-order valence-electron chi connectivity index (χ4n) is 0.787. The predicted octanol–water partition coefficient (Wildman–Crippen LogP) is 2.94. The number of rotatable bonds is 2. The van der Waals surface area contributed by atoms with Crippen LogP contribution in [-0.4, -0.2) is 5.78 Å². The van der Waals surface area contributed by atoms with Crippen LogP contribution in [0.5, 0.6) is 0 Å². The quantitative estimate of drug-likeness (QED) is 0.640. The highest BCUT2D eigenvalue weighted by Crippen LogP contribution is 2.10. The first-order chi connectivity index (χ1) is 5.68. The van der Waals surface area contributed by atoms with Gasteiger partial charge in [-0.25, -0.2) is 0 Å². The standard InChI is InChI=1S/C10H9ClO/c1-8(12)2-3-9-4-6-10(11)7-5-9/h2-7H,1H3/b3-2-. The van der Waals surface area contributed by atoms with E-state index in [2.05, 4.69) is 0 Å². The summed E-state index contributed by atoms with van der Waals surface area (Å²) in [6.07, 6.45) is 3.29. The lowest BCUT2D eigenvalue weighted by Crippen LogP contribution is -1.79. The van der Waals surface area contributed by atoms with Crippen molar-refractivity contribution in [2.24, 2.45) is 0 Å². The second-order valence-electron chi connectivity index (χ2n) is 2.50. The van der Waals surface area contributed by atoms with Gasteiger partial charge < -0.3 is 0 Å². The zero-order valence-corrected chi connectivity index (χ0v) is 7.51. The van der Waals surface area contributed by atoms with Gasteiger partial charge in [0.1, 0.15) is 0 Å². The van der Waals surface area contributed by atoms with Gasteiger partial charge in [0.15, 0.2) is 5.78 Å². The normalized spacial score (nSPS) is 10.5. The van der Waals surface area contributed by atoms with Crippen molar-refractivity contribution in [2.45, 2.75) is 6.92 Å². The SMILES string of the molecule is CC(=O)/C=C\c1ccc(Cl)cc1. The highest BCUT2D eigenvalue weighted by molar-refractivity contribution is 6.30. The molecule has 62 valence electrons. The van der Waals surface area contributed by atoms with Crippen molar-refractivity contribution in [3.8, 4) is 0 Å². The summed E-state index contributed by atoms with van der Waals surface area (Å²) in [6, 6.07) is 7.31. The lowest BCUT2D eigenvalue weighted by atomic mass is 10.2. The van der Waals surface area contributed by atoms with Crippen LogP contribution in [-0.2, 0) is 4.79 Å². The van der Waals surface area contributed by atoms with Crippen LogP contribution in [0.2, 0.25) is 5.02 Å². The number of carbonyl (C=O) groups is 1. The van der Waals surface area contributed by atoms with Gasteiger partial charge in [0.05, 0.1) is 0 Å². The summed E-state index contributed by atoms with van der Waals surface area (Å²) in [5, 5.41) is 0.704. The molecule has 0 amide bonds. The molecule has 0 aliphatic heterocycles. The number of halogens is 1. The van der Waals surface area contributed by atoms with Gasteiger partial charge in [0, 0.05) is 5.02 Å². The lowest BCUT2D eigenvalue weighted by Gasteiger charge is -1.91. The van der Waals surface area contributed by atoms with Gasteiger partial charge >= 0.3 is 0 Å². The minimum Gasteiger partial charge on any atom is -0.295 e. The third kappa shape index (κ3) is 2.89. The van der Waals surface area contributed by atoms with Crippen molar-refractivity contribution in [3.63, 3.8) is 0 Å². The van der Waals surface area contributed by atoms with E-state index < -0.39 is 0 Å². The van der Waals surface area contributed by atoms with Crippen LogP contribution >= 0.6 is 11.6 Å². The Kier molecular flexibility index (Phi) is 3.06. The van der Waals surface area contributed by atoms with E-state index in [4.69, 9.17) is 11.6 Å². The Bertz CT molecular complexity index is 298. The van der Waals surface area contributed by atoms with Crippen LogP contribution in [0, 0.1) is 0 Å². The zero-order chi connectivity index (χ0) is 8.97. The predicted molar refractivity (Wildman–Crippen MR) is 51.2 cm³/mol. The molecule has 0 aliphatic rings. The molecule has 1 aromatic rings. The van der Waals surface area contributed by atoms with Crippen LogP contribution in [0.4, 0.5) is 0 Å². The summed E-state index contributed by atoms with van der Waals surface area (Å²) >= 11 is 5.68. The number of carbonyl (C=O) groups excluding carboxylic acids is 1. The molecule has 0 fully saturated rings. The number of allylic oxidation sites excluding steroid dienone is 1. The summed E-state index contributed by atoms with van der Waals surface area (Å²) in [5.74, 6) is 0.0463. The Labute approximate surface area is 76.7 Å². The summed E-state index contributed by atoms with van der Waals surface area (Å²) in [5.41, 5.74) is 0.981. The van der Waals surface area contributed by atoms with Gasteiger partial charge in [-0.1, -0.05) is 29.8 Å². The van der Waals surface area contributed by atoms with Crippen LogP contribution in [0.15, 0.2) is 30.3 Å². The first-order valence-corrected chi connectivity index (χ1v) is 4.00. The van der Waals surface area contributed by atoms with Gasteiger partial charge in [0.2, 0.25) is 0 Å². The third-order valence-electron chi connectivity index (χ3n) is 1.38. The van der Waals surface area contributed by atoms with Crippen LogP contribution in [0.1, 0.15) is 12.5 Å². The number of hydrogen-bond acceptors (Lipinski definition) is 1. The molecule has 0 unspecified atom stereocenters. The monoisotopic (exact) mass is 180 g/mol. The fourth-order valence-corrected chi connectivity index (χ4v) is 0.913. The van der Waals surface area contributed by atoms with Gasteiger partial charge in [-0.2, -0.15) is 0 Å². The maximum Gasteiger partial charge on any atom is 0.152 e. The van der Waals surface area contributed by atoms with E-state index in [9.17, 15) is 4.79 Å². The van der Waals surface area contributed by atoms with Crippen molar-refractivity contribution in [2.75, 3.05) is 0 Å². The molecule has 0 aliphatic carbocycles. The molecule has 0 bridgehead atoms. The van der Waals surface area contributed by atoms with E-state index >= 15 is 0 Å². The Balaban J connectivity index is 2.77. The molecule has 0 N–H and O–H groups in total. The topological polar surface area (TPSA) is 17.1 Å². The molecule has 12 heavy (non-hydrogen) atoms. The molecule has 2 heteroatoms. The average Bonchev–Trinajstić information content (AvgIpc) is 2.03. The first-order valence-electron chi connectivity index (χ1n) is 3.63. The molecule has 1 rings (SSSR count). The van der Waals surface area contributed by atoms with Gasteiger partial charge in [-0.3, -0.25) is 4.79 Å². The van der Waals surface area contributed by atoms with E-state index in [-0.39, 0.29) is 5.78 Å². The lowest BCUT2D eigenvalue weighted by molar-refractivity contribution is -0.112. The van der Waals surface area contributed by atoms with E-state index in [0.717, 1.165) is 5.56 Å². The molecule has 0 atom stereocenters. The van der Waals surface area contributed by atoms with Crippen molar-refractivity contribution in [1.29, 1.82) is 0 Å². The number of ketones is 1. The van der Waals surface area contributed by atoms with Crippen molar-refractivity contribution in [1.82, 2.24) is 0 Å². The smallest absolute Gasteiger partial charge is 0.152 e. The summed E-state index contributed by atoms with van der Waals surface area (Å²) < 4.78 is 0. The average molecular weight is 181 g/mol. The minimum atomic E-state index is 0.0463. The molecule has 0 saturated heterocycles. The molecule has 0 radical (unpaired) electrons. The van der Waals surface area contributed by atoms with Crippen molar-refractivity contribution < 1.29 is 4.79 Å². The first kappa shape index (κ1) is 9.01. The van der Waals surface area contributed by atoms with Gasteiger partial charge in [0.25, 0.3) is 0 Å². The Morgan fingerprint density at radius 1 is 1.33 bits per heavy atom. The molecular formula is C10H9ClO. The molecule has 1 nitrogen and oxygen atoms in total.